The van der Waals surface area contributed by atoms with E-state index in [1.807, 2.05) is 19.5 Å². The number of thiazole rings is 1. The van der Waals surface area contributed by atoms with Gasteiger partial charge < -0.3 is 10.2 Å². The van der Waals surface area contributed by atoms with E-state index in [1.165, 1.54) is 16.1 Å². The van der Waals surface area contributed by atoms with Crippen LogP contribution >= 0.6 is 35.3 Å². The van der Waals surface area contributed by atoms with E-state index in [9.17, 15) is 0 Å². The number of para-hydroxylation sites is 1. The van der Waals surface area contributed by atoms with Gasteiger partial charge in [-0.05, 0) is 25.0 Å². The first kappa shape index (κ1) is 16.2. The van der Waals surface area contributed by atoms with Crippen LogP contribution in [0.15, 0.2) is 34.8 Å². The molecular weight excluding hydrogens is 395 g/mol. The fraction of sp³-hybridized carbons (Fsp3) is 0.333. The van der Waals surface area contributed by atoms with Crippen molar-refractivity contribution in [3.63, 3.8) is 0 Å². The number of halogens is 1. The lowest BCUT2D eigenvalue weighted by Crippen LogP contribution is -2.40. The minimum Gasteiger partial charge on any atom is -0.351 e. The molecule has 0 radical (unpaired) electrons. The molecule has 21 heavy (non-hydrogen) atoms. The van der Waals surface area contributed by atoms with E-state index < -0.39 is 0 Å². The fourth-order valence-electron chi connectivity index (χ4n) is 2.51. The van der Waals surface area contributed by atoms with Gasteiger partial charge in [-0.3, -0.25) is 4.99 Å². The highest BCUT2D eigenvalue weighted by Gasteiger charge is 2.22. The molecule has 0 bridgehead atoms. The Morgan fingerprint density at radius 3 is 2.95 bits per heavy atom. The molecule has 1 aromatic carbocycles. The van der Waals surface area contributed by atoms with Crippen molar-refractivity contribution in [3.05, 3.63) is 45.9 Å². The first-order chi connectivity index (χ1) is 9.79. The van der Waals surface area contributed by atoms with E-state index >= 15 is 0 Å². The number of anilines is 1. The molecule has 2 aromatic rings. The Balaban J connectivity index is 0.00000161. The predicted molar refractivity (Wildman–Crippen MR) is 100.0 cm³/mol. The van der Waals surface area contributed by atoms with E-state index in [-0.39, 0.29) is 24.0 Å². The summed E-state index contributed by atoms with van der Waals surface area (Å²) in [6.45, 7) is 3.81. The molecule has 3 rings (SSSR count). The highest BCUT2D eigenvalue weighted by molar-refractivity contribution is 14.0. The van der Waals surface area contributed by atoms with Gasteiger partial charge in [0, 0.05) is 24.2 Å². The lowest BCUT2D eigenvalue weighted by atomic mass is 10.2. The minimum absolute atomic E-state index is 0. The lowest BCUT2D eigenvalue weighted by Gasteiger charge is -2.22. The molecule has 0 unspecified atom stereocenters. The molecule has 1 aliphatic rings. The number of aromatic nitrogens is 1. The molecule has 0 atom stereocenters. The van der Waals surface area contributed by atoms with Crippen LogP contribution in [0.4, 0.5) is 5.69 Å². The van der Waals surface area contributed by atoms with Crippen molar-refractivity contribution >= 4 is 47.0 Å². The summed E-state index contributed by atoms with van der Waals surface area (Å²) in [5.41, 5.74) is 5.64. The fourth-order valence-corrected chi connectivity index (χ4v) is 3.23. The maximum absolute atomic E-state index is 4.41. The molecule has 0 aliphatic carbocycles. The topological polar surface area (TPSA) is 40.5 Å². The normalized spacial score (nSPS) is 13.8. The third-order valence-corrected chi connectivity index (χ3v) is 4.54. The lowest BCUT2D eigenvalue weighted by molar-refractivity contribution is 0.871. The molecule has 6 heteroatoms. The summed E-state index contributed by atoms with van der Waals surface area (Å²) >= 11 is 1.68. The molecule has 1 aromatic heterocycles. The summed E-state index contributed by atoms with van der Waals surface area (Å²) in [7, 11) is 1.84. The van der Waals surface area contributed by atoms with Gasteiger partial charge in [-0.15, -0.1) is 35.3 Å². The molecular formula is C15H19IN4S. The second-order valence-corrected chi connectivity index (χ2v) is 5.73. The summed E-state index contributed by atoms with van der Waals surface area (Å²) in [6.07, 6.45) is 1.08. The number of benzene rings is 1. The van der Waals surface area contributed by atoms with Crippen LogP contribution in [-0.2, 0) is 13.0 Å². The van der Waals surface area contributed by atoms with Crippen molar-refractivity contribution in [2.75, 3.05) is 18.5 Å². The van der Waals surface area contributed by atoms with Crippen molar-refractivity contribution in [1.82, 2.24) is 10.3 Å². The number of nitrogens with one attached hydrogen (secondary N) is 1. The quantitative estimate of drug-likeness (QED) is 0.466. The average molecular weight is 414 g/mol. The SMILES string of the molecule is CN=C(NCc1scnc1C)N1CCc2ccccc21.I. The summed E-state index contributed by atoms with van der Waals surface area (Å²) in [4.78, 5) is 12.2. The van der Waals surface area contributed by atoms with Crippen molar-refractivity contribution in [2.24, 2.45) is 4.99 Å². The molecule has 0 amide bonds. The second kappa shape index (κ2) is 7.22. The molecule has 0 spiro atoms. The molecule has 0 saturated carbocycles. The molecule has 112 valence electrons. The monoisotopic (exact) mass is 414 g/mol. The Labute approximate surface area is 146 Å². The van der Waals surface area contributed by atoms with Gasteiger partial charge in [-0.25, -0.2) is 4.98 Å². The van der Waals surface area contributed by atoms with Crippen LogP contribution in [0, 0.1) is 6.92 Å². The van der Waals surface area contributed by atoms with Gasteiger partial charge in [-0.1, -0.05) is 18.2 Å². The van der Waals surface area contributed by atoms with Gasteiger partial charge in [0.15, 0.2) is 5.96 Å². The van der Waals surface area contributed by atoms with Crippen LogP contribution in [0.1, 0.15) is 16.1 Å². The molecule has 0 fully saturated rings. The van der Waals surface area contributed by atoms with Crippen molar-refractivity contribution in [3.8, 4) is 0 Å². The van der Waals surface area contributed by atoms with Crippen LogP contribution in [-0.4, -0.2) is 24.5 Å². The van der Waals surface area contributed by atoms with Crippen LogP contribution in [0.3, 0.4) is 0 Å². The number of guanidine groups is 1. The summed E-state index contributed by atoms with van der Waals surface area (Å²) in [5, 5.41) is 3.44. The first-order valence-electron chi connectivity index (χ1n) is 6.74. The van der Waals surface area contributed by atoms with E-state index in [0.29, 0.717) is 0 Å². The zero-order valence-corrected chi connectivity index (χ0v) is 15.3. The third kappa shape index (κ3) is 3.37. The average Bonchev–Trinajstić information content (AvgIpc) is 3.07. The van der Waals surface area contributed by atoms with Crippen LogP contribution in [0.2, 0.25) is 0 Å². The summed E-state index contributed by atoms with van der Waals surface area (Å²) in [6, 6.07) is 8.53. The highest BCUT2D eigenvalue weighted by atomic mass is 127. The Morgan fingerprint density at radius 2 is 2.24 bits per heavy atom. The maximum atomic E-state index is 4.41. The zero-order valence-electron chi connectivity index (χ0n) is 12.2. The number of nitrogens with zero attached hydrogens (tertiary/aromatic N) is 3. The molecule has 1 aliphatic heterocycles. The van der Waals surface area contributed by atoms with Gasteiger partial charge in [0.2, 0.25) is 0 Å². The molecule has 4 nitrogen and oxygen atoms in total. The zero-order chi connectivity index (χ0) is 13.9. The number of fused-ring (bicyclic) bond motifs is 1. The second-order valence-electron chi connectivity index (χ2n) is 4.79. The number of hydrogen-bond donors (Lipinski definition) is 1. The van der Waals surface area contributed by atoms with Crippen molar-refractivity contribution < 1.29 is 0 Å². The van der Waals surface area contributed by atoms with Crippen molar-refractivity contribution in [2.45, 2.75) is 19.9 Å². The van der Waals surface area contributed by atoms with Crippen LogP contribution < -0.4 is 10.2 Å². The predicted octanol–water partition coefficient (Wildman–Crippen LogP) is 3.21. The Morgan fingerprint density at radius 1 is 1.43 bits per heavy atom. The smallest absolute Gasteiger partial charge is 0.198 e. The number of aliphatic imine (C=N–C) groups is 1. The number of aryl methyl sites for hydroxylation is 1. The van der Waals surface area contributed by atoms with E-state index in [0.717, 1.165) is 31.2 Å². The van der Waals surface area contributed by atoms with E-state index in [4.69, 9.17) is 0 Å². The standard InChI is InChI=1S/C15H18N4S.HI/c1-11-14(20-10-18-11)9-17-15(16-2)19-8-7-12-5-3-4-6-13(12)19;/h3-6,10H,7-9H2,1-2H3,(H,16,17);1H. The molecule has 2 heterocycles. The Hall–Kier alpha value is -1.15. The van der Waals surface area contributed by atoms with Crippen LogP contribution in [0.5, 0.6) is 0 Å². The highest BCUT2D eigenvalue weighted by Crippen LogP contribution is 2.27. The third-order valence-electron chi connectivity index (χ3n) is 3.61. The number of rotatable bonds is 2. The summed E-state index contributed by atoms with van der Waals surface area (Å²) < 4.78 is 0. The van der Waals surface area contributed by atoms with Gasteiger partial charge in [0.1, 0.15) is 0 Å². The largest absolute Gasteiger partial charge is 0.351 e. The van der Waals surface area contributed by atoms with E-state index in [2.05, 4.69) is 44.5 Å². The Kier molecular flexibility index (Phi) is 5.58. The number of hydrogen-bond acceptors (Lipinski definition) is 3. The van der Waals surface area contributed by atoms with Crippen LogP contribution in [0.25, 0.3) is 0 Å². The first-order valence-corrected chi connectivity index (χ1v) is 7.62. The molecule has 0 saturated heterocycles. The van der Waals surface area contributed by atoms with Gasteiger partial charge in [0.05, 0.1) is 17.7 Å². The van der Waals surface area contributed by atoms with Gasteiger partial charge >= 0.3 is 0 Å². The molecule has 1 N–H and O–H groups in total. The van der Waals surface area contributed by atoms with Gasteiger partial charge in [0.25, 0.3) is 0 Å². The van der Waals surface area contributed by atoms with E-state index in [1.54, 1.807) is 11.3 Å². The Bertz CT molecular complexity index is 638. The van der Waals surface area contributed by atoms with Crippen molar-refractivity contribution in [1.29, 1.82) is 0 Å². The minimum atomic E-state index is 0. The maximum Gasteiger partial charge on any atom is 0.198 e. The van der Waals surface area contributed by atoms with Gasteiger partial charge in [-0.2, -0.15) is 0 Å². The summed E-state index contributed by atoms with van der Waals surface area (Å²) in [5.74, 6) is 0.933.